The number of non-ortho nitro benzene ring substituents is 1. The molecule has 1 N–H and O–H groups in total. The van der Waals surface area contributed by atoms with Gasteiger partial charge in [0.15, 0.2) is 0 Å². The molecule has 0 saturated heterocycles. The predicted molar refractivity (Wildman–Crippen MR) is 86.8 cm³/mol. The van der Waals surface area contributed by atoms with Gasteiger partial charge >= 0.3 is 0 Å². The minimum Gasteiger partial charge on any atom is -0.324 e. The first-order chi connectivity index (χ1) is 11.6. The molecular weight excluding hydrogens is 310 g/mol. The Kier molecular flexibility index (Phi) is 4.28. The third-order valence-corrected chi connectivity index (χ3v) is 3.36. The lowest BCUT2D eigenvalue weighted by Gasteiger charge is -2.10. The van der Waals surface area contributed by atoms with Crippen molar-refractivity contribution in [2.45, 2.75) is 6.42 Å². The van der Waals surface area contributed by atoms with Gasteiger partial charge in [0.25, 0.3) is 5.69 Å². The van der Waals surface area contributed by atoms with Crippen molar-refractivity contribution in [2.24, 2.45) is 0 Å². The van der Waals surface area contributed by atoms with E-state index in [2.05, 4.69) is 15.4 Å². The van der Waals surface area contributed by atoms with E-state index in [9.17, 15) is 14.9 Å². The fourth-order valence-electron chi connectivity index (χ4n) is 2.23. The second-order valence-corrected chi connectivity index (χ2v) is 5.01. The molecule has 0 saturated carbocycles. The summed E-state index contributed by atoms with van der Waals surface area (Å²) in [5, 5.41) is 17.5. The number of para-hydroxylation sites is 2. The summed E-state index contributed by atoms with van der Waals surface area (Å²) in [5.41, 5.74) is 1.99. The molecule has 0 atom stereocenters. The normalized spacial score (nSPS) is 10.3. The number of hydrogen-bond acceptors (Lipinski definition) is 5. The largest absolute Gasteiger partial charge is 0.324 e. The number of nitrogens with one attached hydrogen (secondary N) is 1. The Morgan fingerprint density at radius 2 is 1.92 bits per heavy atom. The Morgan fingerprint density at radius 3 is 2.58 bits per heavy atom. The highest BCUT2D eigenvalue weighted by Crippen LogP contribution is 2.19. The number of anilines is 1. The number of nitro groups is 1. The highest BCUT2D eigenvalue weighted by atomic mass is 16.6. The van der Waals surface area contributed by atoms with Crippen molar-refractivity contribution >= 4 is 17.3 Å². The third-order valence-electron chi connectivity index (χ3n) is 3.36. The summed E-state index contributed by atoms with van der Waals surface area (Å²) in [6.07, 6.45) is 3.07. The highest BCUT2D eigenvalue weighted by molar-refractivity contribution is 5.94. The topological polar surface area (TPSA) is 103 Å². The quantitative estimate of drug-likeness (QED) is 0.573. The Hall–Kier alpha value is -3.55. The molecule has 0 spiro atoms. The monoisotopic (exact) mass is 323 g/mol. The Labute approximate surface area is 136 Å². The molecule has 0 unspecified atom stereocenters. The van der Waals surface area contributed by atoms with E-state index in [0.717, 1.165) is 0 Å². The number of carbonyl (C=O) groups excluding carboxylic acids is 1. The van der Waals surface area contributed by atoms with Crippen molar-refractivity contribution in [3.8, 4) is 5.69 Å². The molecule has 0 aliphatic carbocycles. The highest BCUT2D eigenvalue weighted by Gasteiger charge is 2.10. The summed E-state index contributed by atoms with van der Waals surface area (Å²) in [6.45, 7) is 0. The van der Waals surface area contributed by atoms with E-state index in [1.807, 2.05) is 18.2 Å². The summed E-state index contributed by atoms with van der Waals surface area (Å²) >= 11 is 0. The van der Waals surface area contributed by atoms with E-state index < -0.39 is 4.92 Å². The van der Waals surface area contributed by atoms with Crippen LogP contribution in [-0.4, -0.2) is 25.6 Å². The molecule has 120 valence electrons. The number of benzene rings is 2. The number of carbonyl (C=O) groups is 1. The first-order valence-corrected chi connectivity index (χ1v) is 7.11. The number of amides is 1. The van der Waals surface area contributed by atoms with Crippen molar-refractivity contribution in [1.82, 2.24) is 14.8 Å². The molecule has 1 aromatic heterocycles. The van der Waals surface area contributed by atoms with Crippen LogP contribution in [0.5, 0.6) is 0 Å². The van der Waals surface area contributed by atoms with Gasteiger partial charge in [0.1, 0.15) is 12.7 Å². The van der Waals surface area contributed by atoms with Crippen LogP contribution in [0.2, 0.25) is 0 Å². The average Bonchev–Trinajstić information content (AvgIpc) is 3.10. The van der Waals surface area contributed by atoms with Gasteiger partial charge in [0.2, 0.25) is 5.91 Å². The maximum absolute atomic E-state index is 12.2. The van der Waals surface area contributed by atoms with Crippen LogP contribution in [0, 0.1) is 10.1 Å². The van der Waals surface area contributed by atoms with Crippen LogP contribution in [0.1, 0.15) is 5.56 Å². The Morgan fingerprint density at radius 1 is 1.17 bits per heavy atom. The molecule has 2 aromatic carbocycles. The average molecular weight is 323 g/mol. The Balaban J connectivity index is 1.73. The predicted octanol–water partition coefficient (Wildman–Crippen LogP) is 2.36. The number of nitrogens with zero attached hydrogens (tertiary/aromatic N) is 4. The van der Waals surface area contributed by atoms with Crippen molar-refractivity contribution in [3.63, 3.8) is 0 Å². The van der Waals surface area contributed by atoms with Gasteiger partial charge in [-0.1, -0.05) is 24.3 Å². The van der Waals surface area contributed by atoms with Crippen molar-refractivity contribution in [1.29, 1.82) is 0 Å². The van der Waals surface area contributed by atoms with Crippen LogP contribution >= 0.6 is 0 Å². The van der Waals surface area contributed by atoms with Gasteiger partial charge in [-0.3, -0.25) is 14.9 Å². The first kappa shape index (κ1) is 15.3. The molecular formula is C16H13N5O3. The number of aromatic nitrogens is 3. The van der Waals surface area contributed by atoms with Gasteiger partial charge in [-0.05, 0) is 17.7 Å². The Bertz CT molecular complexity index is 860. The van der Waals surface area contributed by atoms with Crippen molar-refractivity contribution < 1.29 is 9.72 Å². The van der Waals surface area contributed by atoms with Crippen molar-refractivity contribution in [2.75, 3.05) is 5.32 Å². The van der Waals surface area contributed by atoms with Gasteiger partial charge < -0.3 is 5.32 Å². The van der Waals surface area contributed by atoms with Gasteiger partial charge in [-0.15, -0.1) is 0 Å². The van der Waals surface area contributed by atoms with Crippen LogP contribution in [-0.2, 0) is 11.2 Å². The molecule has 24 heavy (non-hydrogen) atoms. The van der Waals surface area contributed by atoms with Gasteiger partial charge in [0, 0.05) is 12.1 Å². The molecule has 1 heterocycles. The van der Waals surface area contributed by atoms with Crippen LogP contribution in [0.25, 0.3) is 5.69 Å². The maximum Gasteiger partial charge on any atom is 0.269 e. The van der Waals surface area contributed by atoms with Crippen LogP contribution in [0.3, 0.4) is 0 Å². The molecule has 1 amide bonds. The lowest BCUT2D eigenvalue weighted by Crippen LogP contribution is -2.16. The number of hydrogen-bond donors (Lipinski definition) is 1. The molecule has 3 aromatic rings. The second kappa shape index (κ2) is 6.69. The standard InChI is InChI=1S/C16H13N5O3/c22-16(9-12-5-7-13(8-6-12)21(23)24)19-14-3-1-2-4-15(14)20-11-17-10-18-20/h1-8,10-11H,9H2,(H,19,22). The second-order valence-electron chi connectivity index (χ2n) is 5.01. The van der Waals surface area contributed by atoms with E-state index in [0.29, 0.717) is 16.9 Å². The maximum atomic E-state index is 12.2. The minimum absolute atomic E-state index is 0.00399. The van der Waals surface area contributed by atoms with E-state index in [4.69, 9.17) is 0 Å². The fraction of sp³-hybridized carbons (Fsp3) is 0.0625. The van der Waals surface area contributed by atoms with E-state index in [-0.39, 0.29) is 18.0 Å². The molecule has 0 aliphatic rings. The van der Waals surface area contributed by atoms with Gasteiger partial charge in [-0.2, -0.15) is 5.10 Å². The summed E-state index contributed by atoms with van der Waals surface area (Å²) in [6, 6.07) is 13.1. The lowest BCUT2D eigenvalue weighted by atomic mass is 10.1. The lowest BCUT2D eigenvalue weighted by molar-refractivity contribution is -0.384. The zero-order valence-corrected chi connectivity index (χ0v) is 12.5. The minimum atomic E-state index is -0.474. The zero-order valence-electron chi connectivity index (χ0n) is 12.5. The summed E-state index contributed by atoms with van der Waals surface area (Å²) in [7, 11) is 0. The van der Waals surface area contributed by atoms with Crippen LogP contribution in [0.15, 0.2) is 61.2 Å². The zero-order chi connectivity index (χ0) is 16.9. The summed E-state index contributed by atoms with van der Waals surface area (Å²) < 4.78 is 1.56. The van der Waals surface area contributed by atoms with Gasteiger partial charge in [0.05, 0.1) is 22.7 Å². The van der Waals surface area contributed by atoms with E-state index in [1.165, 1.54) is 18.5 Å². The number of rotatable bonds is 5. The molecule has 0 fully saturated rings. The molecule has 0 aliphatic heterocycles. The van der Waals surface area contributed by atoms with Gasteiger partial charge in [-0.25, -0.2) is 9.67 Å². The molecule has 0 bridgehead atoms. The van der Waals surface area contributed by atoms with E-state index >= 15 is 0 Å². The molecule has 8 heteroatoms. The third kappa shape index (κ3) is 3.43. The molecule has 0 radical (unpaired) electrons. The van der Waals surface area contributed by atoms with Crippen LogP contribution in [0.4, 0.5) is 11.4 Å². The summed E-state index contributed by atoms with van der Waals surface area (Å²) in [4.78, 5) is 26.3. The SMILES string of the molecule is O=C(Cc1ccc([N+](=O)[O-])cc1)Nc1ccccc1-n1cncn1. The van der Waals surface area contributed by atoms with Crippen molar-refractivity contribution in [3.05, 3.63) is 76.9 Å². The van der Waals surface area contributed by atoms with E-state index in [1.54, 1.807) is 29.2 Å². The summed E-state index contributed by atoms with van der Waals surface area (Å²) in [5.74, 6) is -0.226. The fourth-order valence-corrected chi connectivity index (χ4v) is 2.23. The van der Waals surface area contributed by atoms with Crippen LogP contribution < -0.4 is 5.32 Å². The first-order valence-electron chi connectivity index (χ1n) is 7.11. The number of nitro benzene ring substituents is 1. The smallest absolute Gasteiger partial charge is 0.269 e. The molecule has 8 nitrogen and oxygen atoms in total. The molecule has 3 rings (SSSR count).